The molecule has 0 aromatic heterocycles. The monoisotopic (exact) mass is 251 g/mol. The Hall–Kier alpha value is -0.340. The summed E-state index contributed by atoms with van der Waals surface area (Å²) in [6.45, 7) is 0. The van der Waals surface area contributed by atoms with Gasteiger partial charge >= 0.3 is 0 Å². The first-order chi connectivity index (χ1) is 7.97. The van der Waals surface area contributed by atoms with Gasteiger partial charge in [-0.25, -0.2) is 0 Å². The SMILES string of the molecule is c1ccc(C2=[S+]CCCSCCCC2)cc1. The van der Waals surface area contributed by atoms with E-state index in [9.17, 15) is 0 Å². The van der Waals surface area contributed by atoms with Gasteiger partial charge in [0.25, 0.3) is 0 Å². The Morgan fingerprint density at radius 1 is 0.938 bits per heavy atom. The van der Waals surface area contributed by atoms with E-state index in [-0.39, 0.29) is 0 Å². The number of rotatable bonds is 1. The summed E-state index contributed by atoms with van der Waals surface area (Å²) >= 11 is 4.20. The molecule has 0 N–H and O–H groups in total. The van der Waals surface area contributed by atoms with Crippen molar-refractivity contribution in [2.45, 2.75) is 25.7 Å². The second kappa shape index (κ2) is 7.08. The van der Waals surface area contributed by atoms with Crippen LogP contribution >= 0.6 is 11.8 Å². The maximum atomic E-state index is 2.25. The minimum absolute atomic E-state index is 1.27. The van der Waals surface area contributed by atoms with Crippen molar-refractivity contribution in [3.8, 4) is 0 Å². The van der Waals surface area contributed by atoms with Gasteiger partial charge in [-0.15, -0.1) is 0 Å². The van der Waals surface area contributed by atoms with E-state index in [1.165, 1.54) is 48.5 Å². The fourth-order valence-corrected chi connectivity index (χ4v) is 4.14. The van der Waals surface area contributed by atoms with Gasteiger partial charge in [0.2, 0.25) is 4.86 Å². The van der Waals surface area contributed by atoms with Gasteiger partial charge in [0, 0.05) is 18.4 Å². The molecule has 0 amide bonds. The van der Waals surface area contributed by atoms with Crippen molar-refractivity contribution in [2.24, 2.45) is 0 Å². The largest absolute Gasteiger partial charge is 0.208 e. The van der Waals surface area contributed by atoms with Crippen LogP contribution in [0, 0.1) is 0 Å². The lowest BCUT2D eigenvalue weighted by atomic mass is 10.1. The van der Waals surface area contributed by atoms with Crippen LogP contribution in [0.3, 0.4) is 0 Å². The molecule has 1 heterocycles. The highest BCUT2D eigenvalue weighted by molar-refractivity contribution is 7.99. The zero-order valence-electron chi connectivity index (χ0n) is 9.65. The predicted molar refractivity (Wildman–Crippen MR) is 78.6 cm³/mol. The van der Waals surface area contributed by atoms with Gasteiger partial charge in [-0.3, -0.25) is 0 Å². The third-order valence-corrected chi connectivity index (χ3v) is 5.18. The maximum absolute atomic E-state index is 2.25. The molecule has 0 nitrogen and oxygen atoms in total. The average Bonchev–Trinajstić information content (AvgIpc) is 2.37. The molecular weight excluding hydrogens is 232 g/mol. The van der Waals surface area contributed by atoms with E-state index in [1.54, 1.807) is 4.86 Å². The maximum Gasteiger partial charge on any atom is 0.208 e. The molecule has 0 radical (unpaired) electrons. The van der Waals surface area contributed by atoms with Gasteiger partial charge in [-0.1, -0.05) is 18.2 Å². The van der Waals surface area contributed by atoms with Crippen LogP contribution in [0.4, 0.5) is 0 Å². The Labute approximate surface area is 107 Å². The fourth-order valence-electron chi connectivity index (χ4n) is 1.87. The standard InChI is InChI=1S/C14H19S2/c1-2-7-13(8-3-1)14-9-4-5-10-15-11-6-12-16-14/h1-3,7-8H,4-6,9-12H2/q+1. The molecule has 0 saturated carbocycles. The quantitative estimate of drug-likeness (QED) is 0.543. The van der Waals surface area contributed by atoms with Crippen LogP contribution in [0.5, 0.6) is 0 Å². The number of benzene rings is 1. The average molecular weight is 251 g/mol. The summed E-state index contributed by atoms with van der Waals surface area (Å²) in [6.07, 6.45) is 5.35. The minimum Gasteiger partial charge on any atom is -0.162 e. The van der Waals surface area contributed by atoms with Gasteiger partial charge in [0.05, 0.1) is 0 Å². The molecule has 16 heavy (non-hydrogen) atoms. The molecule has 0 unspecified atom stereocenters. The van der Waals surface area contributed by atoms with E-state index in [0.29, 0.717) is 0 Å². The molecule has 1 aromatic rings. The van der Waals surface area contributed by atoms with Crippen molar-refractivity contribution in [1.29, 1.82) is 0 Å². The molecule has 0 bridgehead atoms. The van der Waals surface area contributed by atoms with E-state index in [0.717, 1.165) is 0 Å². The Morgan fingerprint density at radius 2 is 1.75 bits per heavy atom. The highest BCUT2D eigenvalue weighted by Gasteiger charge is 2.13. The Bertz CT molecular complexity index is 330. The van der Waals surface area contributed by atoms with Crippen molar-refractivity contribution in [3.63, 3.8) is 0 Å². The first-order valence-corrected chi connectivity index (χ1v) is 8.22. The highest BCUT2D eigenvalue weighted by Crippen LogP contribution is 2.13. The minimum atomic E-state index is 1.27. The first kappa shape index (κ1) is 12.1. The topological polar surface area (TPSA) is 0 Å². The van der Waals surface area contributed by atoms with Crippen LogP contribution in [0.2, 0.25) is 0 Å². The molecule has 0 saturated heterocycles. The van der Waals surface area contributed by atoms with E-state index in [2.05, 4.69) is 53.4 Å². The highest BCUT2D eigenvalue weighted by atomic mass is 32.2. The Morgan fingerprint density at radius 3 is 2.62 bits per heavy atom. The van der Waals surface area contributed by atoms with Crippen molar-refractivity contribution in [1.82, 2.24) is 0 Å². The third-order valence-electron chi connectivity index (χ3n) is 2.75. The number of thioether (sulfide) groups is 1. The molecule has 1 aliphatic heterocycles. The van der Waals surface area contributed by atoms with Gasteiger partial charge in [0.15, 0.2) is 17.1 Å². The second-order valence-electron chi connectivity index (χ2n) is 4.06. The summed E-state index contributed by atoms with van der Waals surface area (Å²) in [6, 6.07) is 10.9. The normalized spacial score (nSPS) is 18.9. The van der Waals surface area contributed by atoms with Crippen LogP contribution in [-0.4, -0.2) is 22.1 Å². The van der Waals surface area contributed by atoms with Gasteiger partial charge < -0.3 is 0 Å². The summed E-state index contributed by atoms with van der Waals surface area (Å²) in [5, 5.41) is 0. The smallest absolute Gasteiger partial charge is 0.162 e. The molecule has 0 atom stereocenters. The van der Waals surface area contributed by atoms with E-state index in [1.807, 2.05) is 0 Å². The van der Waals surface area contributed by atoms with Crippen LogP contribution < -0.4 is 0 Å². The third kappa shape index (κ3) is 3.91. The molecule has 0 spiro atoms. The lowest BCUT2D eigenvalue weighted by molar-refractivity contribution is 0.848. The molecule has 2 rings (SSSR count). The lowest BCUT2D eigenvalue weighted by Crippen LogP contribution is -2.06. The summed E-state index contributed by atoms with van der Waals surface area (Å²) < 4.78 is 0. The van der Waals surface area contributed by atoms with Crippen LogP contribution in [0.15, 0.2) is 30.3 Å². The summed E-state index contributed by atoms with van der Waals surface area (Å²) in [5.41, 5.74) is 1.45. The first-order valence-electron chi connectivity index (χ1n) is 6.08. The van der Waals surface area contributed by atoms with Crippen LogP contribution in [-0.2, 0) is 11.4 Å². The molecular formula is C14H19S2+. The predicted octanol–water partition coefficient (Wildman–Crippen LogP) is 3.60. The van der Waals surface area contributed by atoms with Crippen molar-refractivity contribution >= 4 is 28.0 Å². The van der Waals surface area contributed by atoms with E-state index >= 15 is 0 Å². The zero-order valence-corrected chi connectivity index (χ0v) is 11.3. The van der Waals surface area contributed by atoms with Crippen molar-refractivity contribution in [2.75, 3.05) is 17.3 Å². The lowest BCUT2D eigenvalue weighted by Gasteiger charge is -2.02. The second-order valence-corrected chi connectivity index (χ2v) is 6.48. The Balaban J connectivity index is 2.07. The zero-order chi connectivity index (χ0) is 11.1. The van der Waals surface area contributed by atoms with Crippen LogP contribution in [0.25, 0.3) is 0 Å². The van der Waals surface area contributed by atoms with Gasteiger partial charge in [0.1, 0.15) is 0 Å². The molecule has 86 valence electrons. The van der Waals surface area contributed by atoms with Gasteiger partial charge in [-0.2, -0.15) is 11.8 Å². The van der Waals surface area contributed by atoms with Crippen molar-refractivity contribution in [3.05, 3.63) is 35.9 Å². The summed E-state index contributed by atoms with van der Waals surface area (Å²) in [7, 11) is 0. The van der Waals surface area contributed by atoms with E-state index < -0.39 is 0 Å². The summed E-state index contributed by atoms with van der Waals surface area (Å²) in [4.78, 5) is 1.60. The molecule has 0 fully saturated rings. The van der Waals surface area contributed by atoms with Crippen LogP contribution in [0.1, 0.15) is 31.2 Å². The number of hydrogen-bond acceptors (Lipinski definition) is 1. The van der Waals surface area contributed by atoms with Crippen molar-refractivity contribution < 1.29 is 0 Å². The molecule has 1 aromatic carbocycles. The Kier molecular flexibility index (Phi) is 5.36. The molecule has 2 heteroatoms. The van der Waals surface area contributed by atoms with E-state index in [4.69, 9.17) is 0 Å². The number of hydrogen-bond donors (Lipinski definition) is 0. The molecule has 0 aliphatic carbocycles. The molecule has 1 aliphatic rings. The van der Waals surface area contributed by atoms with Gasteiger partial charge in [-0.05, 0) is 36.5 Å². The fraction of sp³-hybridized carbons (Fsp3) is 0.500. The summed E-state index contributed by atoms with van der Waals surface area (Å²) in [5.74, 6) is 3.99.